The van der Waals surface area contributed by atoms with Crippen LogP contribution in [0, 0.1) is 5.82 Å². The number of nitrogens with zero attached hydrogens (tertiary/aromatic N) is 2. The largest absolute Gasteiger partial charge is 0.350 e. The molecule has 0 radical (unpaired) electrons. The summed E-state index contributed by atoms with van der Waals surface area (Å²) in [6.07, 6.45) is 4.62. The Morgan fingerprint density at radius 3 is 2.60 bits per heavy atom. The summed E-state index contributed by atoms with van der Waals surface area (Å²) < 4.78 is 42.3. The number of aromatic nitrogens is 1. The summed E-state index contributed by atoms with van der Waals surface area (Å²) in [5, 5.41) is 3.55. The first kappa shape index (κ1) is 20.6. The first-order valence-corrected chi connectivity index (χ1v) is 11.5. The van der Waals surface area contributed by atoms with Gasteiger partial charge in [-0.1, -0.05) is 18.6 Å². The number of fused-ring (bicyclic) bond motifs is 1. The molecule has 3 aromatic rings. The van der Waals surface area contributed by atoms with Crippen LogP contribution in [0.4, 0.5) is 4.39 Å². The van der Waals surface area contributed by atoms with Gasteiger partial charge in [0.25, 0.3) is 0 Å². The van der Waals surface area contributed by atoms with Crippen molar-refractivity contribution in [3.05, 3.63) is 66.1 Å². The smallest absolute Gasteiger partial charge is 0.243 e. The lowest BCUT2D eigenvalue weighted by Crippen LogP contribution is -2.35. The second-order valence-electron chi connectivity index (χ2n) is 7.54. The lowest BCUT2D eigenvalue weighted by Gasteiger charge is -2.25. The van der Waals surface area contributed by atoms with Gasteiger partial charge in [-0.25, -0.2) is 12.8 Å². The average molecular weight is 430 g/mol. The number of hydrogen-bond donors (Lipinski definition) is 1. The molecule has 4 rings (SSSR count). The Kier molecular flexibility index (Phi) is 5.87. The highest BCUT2D eigenvalue weighted by Crippen LogP contribution is 2.25. The van der Waals surface area contributed by atoms with Crippen molar-refractivity contribution >= 4 is 26.8 Å². The molecule has 2 heterocycles. The maximum absolute atomic E-state index is 13.2. The third kappa shape index (κ3) is 4.39. The second kappa shape index (κ2) is 8.57. The fourth-order valence-electron chi connectivity index (χ4n) is 3.79. The Morgan fingerprint density at radius 1 is 1.03 bits per heavy atom. The first-order valence-electron chi connectivity index (χ1n) is 10.0. The number of halogens is 1. The minimum atomic E-state index is -3.50. The minimum absolute atomic E-state index is 0.0943. The van der Waals surface area contributed by atoms with E-state index in [9.17, 15) is 17.6 Å². The molecule has 0 spiro atoms. The van der Waals surface area contributed by atoms with Gasteiger partial charge in [0, 0.05) is 36.7 Å². The maximum Gasteiger partial charge on any atom is 0.243 e. The normalized spacial score (nSPS) is 15.4. The van der Waals surface area contributed by atoms with Crippen molar-refractivity contribution in [1.82, 2.24) is 14.2 Å². The molecule has 0 atom stereocenters. The molecule has 0 bridgehead atoms. The summed E-state index contributed by atoms with van der Waals surface area (Å²) in [5.41, 5.74) is 1.47. The fraction of sp³-hybridized carbons (Fsp3) is 0.318. The standard InChI is InChI=1S/C22H24FN3O3S/c23-19-6-4-5-17(13-19)15-24-22(27)16-25-12-9-18-14-20(7-8-21(18)25)30(28,29)26-10-2-1-3-11-26/h4-9,12-14H,1-3,10-11,15-16H2,(H,24,27). The molecule has 1 saturated heterocycles. The molecule has 6 nitrogen and oxygen atoms in total. The van der Waals surface area contributed by atoms with Crippen molar-refractivity contribution in [3.63, 3.8) is 0 Å². The molecule has 1 N–H and O–H groups in total. The molecular formula is C22H24FN3O3S. The monoisotopic (exact) mass is 429 g/mol. The number of carbonyl (C=O) groups is 1. The molecule has 2 aromatic carbocycles. The molecule has 1 aliphatic rings. The molecular weight excluding hydrogens is 405 g/mol. The van der Waals surface area contributed by atoms with Crippen LogP contribution in [0.3, 0.4) is 0 Å². The van der Waals surface area contributed by atoms with Gasteiger partial charge >= 0.3 is 0 Å². The van der Waals surface area contributed by atoms with Crippen LogP contribution in [0.5, 0.6) is 0 Å². The van der Waals surface area contributed by atoms with Gasteiger partial charge in [-0.15, -0.1) is 0 Å². The van der Waals surface area contributed by atoms with Gasteiger partial charge in [0.05, 0.1) is 4.90 Å². The molecule has 30 heavy (non-hydrogen) atoms. The Morgan fingerprint density at radius 2 is 1.83 bits per heavy atom. The van der Waals surface area contributed by atoms with Crippen LogP contribution in [0.25, 0.3) is 10.9 Å². The first-order chi connectivity index (χ1) is 14.4. The van der Waals surface area contributed by atoms with E-state index in [2.05, 4.69) is 5.32 Å². The van der Waals surface area contributed by atoms with Gasteiger partial charge in [0.15, 0.2) is 0 Å². The molecule has 1 aliphatic heterocycles. The lowest BCUT2D eigenvalue weighted by molar-refractivity contribution is -0.121. The Labute approximate surface area is 175 Å². The summed E-state index contributed by atoms with van der Waals surface area (Å²) >= 11 is 0. The molecule has 0 saturated carbocycles. The van der Waals surface area contributed by atoms with Crippen molar-refractivity contribution in [2.24, 2.45) is 0 Å². The summed E-state index contributed by atoms with van der Waals surface area (Å²) in [4.78, 5) is 12.6. The third-order valence-corrected chi connectivity index (χ3v) is 7.28. The molecule has 1 aromatic heterocycles. The molecule has 1 amide bonds. The van der Waals surface area contributed by atoms with E-state index in [0.717, 1.165) is 30.2 Å². The van der Waals surface area contributed by atoms with Gasteiger partial charge in [0.1, 0.15) is 12.4 Å². The van der Waals surface area contributed by atoms with E-state index >= 15 is 0 Å². The minimum Gasteiger partial charge on any atom is -0.350 e. The number of sulfonamides is 1. The Balaban J connectivity index is 1.46. The van der Waals surface area contributed by atoms with Gasteiger partial charge in [-0.3, -0.25) is 4.79 Å². The number of hydrogen-bond acceptors (Lipinski definition) is 3. The van der Waals surface area contributed by atoms with Crippen LogP contribution >= 0.6 is 0 Å². The van der Waals surface area contributed by atoms with Crippen LogP contribution in [0.1, 0.15) is 24.8 Å². The van der Waals surface area contributed by atoms with E-state index in [4.69, 9.17) is 0 Å². The van der Waals surface area contributed by atoms with Crippen molar-refractivity contribution in [2.75, 3.05) is 13.1 Å². The zero-order chi connectivity index (χ0) is 21.1. The Bertz CT molecular complexity index is 1170. The van der Waals surface area contributed by atoms with Crippen molar-refractivity contribution in [3.8, 4) is 0 Å². The van der Waals surface area contributed by atoms with Crippen molar-refractivity contribution in [1.29, 1.82) is 0 Å². The van der Waals surface area contributed by atoms with Crippen LogP contribution in [0.15, 0.2) is 59.6 Å². The summed E-state index contributed by atoms with van der Waals surface area (Å²) in [5.74, 6) is -0.546. The van der Waals surface area contributed by atoms with E-state index < -0.39 is 10.0 Å². The summed E-state index contributed by atoms with van der Waals surface area (Å²) in [6, 6.07) is 12.9. The number of amides is 1. The van der Waals surface area contributed by atoms with E-state index in [1.165, 1.54) is 12.1 Å². The number of rotatable bonds is 6. The highest BCUT2D eigenvalue weighted by molar-refractivity contribution is 7.89. The van der Waals surface area contributed by atoms with Crippen molar-refractivity contribution < 1.29 is 17.6 Å². The topological polar surface area (TPSA) is 71.4 Å². The Hall–Kier alpha value is -2.71. The molecule has 0 aliphatic carbocycles. The van der Waals surface area contributed by atoms with Gasteiger partial charge in [-0.2, -0.15) is 4.31 Å². The van der Waals surface area contributed by atoms with E-state index in [0.29, 0.717) is 18.7 Å². The number of piperidine rings is 1. The quantitative estimate of drug-likeness (QED) is 0.654. The zero-order valence-electron chi connectivity index (χ0n) is 16.6. The van der Waals surface area contributed by atoms with Crippen LogP contribution in [-0.4, -0.2) is 36.3 Å². The summed E-state index contributed by atoms with van der Waals surface area (Å²) in [6.45, 7) is 1.46. The fourth-order valence-corrected chi connectivity index (χ4v) is 5.34. The highest BCUT2D eigenvalue weighted by Gasteiger charge is 2.26. The highest BCUT2D eigenvalue weighted by atomic mass is 32.2. The maximum atomic E-state index is 13.2. The van der Waals surface area contributed by atoms with Crippen LogP contribution < -0.4 is 5.32 Å². The number of nitrogens with one attached hydrogen (secondary N) is 1. The van der Waals surface area contributed by atoms with Crippen molar-refractivity contribution in [2.45, 2.75) is 37.2 Å². The van der Waals surface area contributed by atoms with E-state index in [1.54, 1.807) is 45.4 Å². The number of carbonyl (C=O) groups excluding carboxylic acids is 1. The molecule has 8 heteroatoms. The summed E-state index contributed by atoms with van der Waals surface area (Å²) in [7, 11) is -3.50. The SMILES string of the molecule is O=C(Cn1ccc2cc(S(=O)(=O)N3CCCCC3)ccc21)NCc1cccc(F)c1. The van der Waals surface area contributed by atoms with Gasteiger partial charge < -0.3 is 9.88 Å². The van der Waals surface area contributed by atoms with E-state index in [1.807, 2.05) is 6.07 Å². The second-order valence-corrected chi connectivity index (χ2v) is 9.47. The van der Waals surface area contributed by atoms with Gasteiger partial charge in [0.2, 0.25) is 15.9 Å². The third-order valence-electron chi connectivity index (χ3n) is 5.39. The predicted molar refractivity (Wildman–Crippen MR) is 113 cm³/mol. The zero-order valence-corrected chi connectivity index (χ0v) is 17.4. The van der Waals surface area contributed by atoms with Crippen LogP contribution in [-0.2, 0) is 27.9 Å². The molecule has 0 unspecified atom stereocenters. The van der Waals surface area contributed by atoms with E-state index in [-0.39, 0.29) is 29.7 Å². The predicted octanol–water partition coefficient (Wildman–Crippen LogP) is 3.27. The van der Waals surface area contributed by atoms with Gasteiger partial charge in [-0.05, 0) is 54.8 Å². The molecule has 1 fully saturated rings. The number of benzene rings is 2. The lowest BCUT2D eigenvalue weighted by atomic mass is 10.2. The average Bonchev–Trinajstić information content (AvgIpc) is 3.15. The molecule has 158 valence electrons. The van der Waals surface area contributed by atoms with Crippen LogP contribution in [0.2, 0.25) is 0 Å².